The maximum atomic E-state index is 5.47. The van der Waals surface area contributed by atoms with E-state index in [9.17, 15) is 0 Å². The second-order valence-electron chi connectivity index (χ2n) is 5.49. The Morgan fingerprint density at radius 1 is 1.19 bits per heavy atom. The summed E-state index contributed by atoms with van der Waals surface area (Å²) in [5.74, 6) is 2.83. The third-order valence-electron chi connectivity index (χ3n) is 4.08. The summed E-state index contributed by atoms with van der Waals surface area (Å²) in [6, 6.07) is 11.0. The summed E-state index contributed by atoms with van der Waals surface area (Å²) in [6.07, 6.45) is 4.66. The second-order valence-corrected chi connectivity index (χ2v) is 6.54. The van der Waals surface area contributed by atoms with Gasteiger partial charge in [-0.3, -0.25) is 0 Å². The zero-order chi connectivity index (χ0) is 14.5. The van der Waals surface area contributed by atoms with Crippen molar-refractivity contribution in [3.63, 3.8) is 0 Å². The molecule has 2 aromatic rings. The Morgan fingerprint density at radius 2 is 1.95 bits per heavy atom. The molecular formula is C16H21N3OS. The van der Waals surface area contributed by atoms with Crippen molar-refractivity contribution >= 4 is 11.8 Å². The summed E-state index contributed by atoms with van der Waals surface area (Å²) in [6.45, 7) is 0. The lowest BCUT2D eigenvalue weighted by molar-refractivity contribution is 0.288. The molecule has 1 heterocycles. The van der Waals surface area contributed by atoms with Crippen LogP contribution in [0.3, 0.4) is 0 Å². The number of thioether (sulfide) groups is 1. The number of nitrogens with zero attached hydrogens (tertiary/aromatic N) is 2. The molecule has 4 nitrogen and oxygen atoms in total. The minimum Gasteiger partial charge on any atom is -0.339 e. The maximum absolute atomic E-state index is 5.47. The number of rotatable bonds is 5. The molecule has 0 radical (unpaired) electrons. The van der Waals surface area contributed by atoms with E-state index in [4.69, 9.17) is 4.52 Å². The molecule has 0 amide bonds. The van der Waals surface area contributed by atoms with Crippen molar-refractivity contribution in [1.82, 2.24) is 15.5 Å². The van der Waals surface area contributed by atoms with Gasteiger partial charge in [-0.25, -0.2) is 0 Å². The fourth-order valence-electron chi connectivity index (χ4n) is 2.79. The summed E-state index contributed by atoms with van der Waals surface area (Å²) in [4.78, 5) is 5.82. The number of nitrogens with one attached hydrogen (secondary N) is 1. The number of hydrogen-bond donors (Lipinski definition) is 1. The predicted octanol–water partition coefficient (Wildman–Crippen LogP) is 3.61. The van der Waals surface area contributed by atoms with Crippen LogP contribution in [0.2, 0.25) is 0 Å². The lowest BCUT2D eigenvalue weighted by Crippen LogP contribution is -2.29. The second kappa shape index (κ2) is 7.09. The summed E-state index contributed by atoms with van der Waals surface area (Å²) in [5.41, 5.74) is 0. The van der Waals surface area contributed by atoms with Gasteiger partial charge in [0.2, 0.25) is 5.89 Å². The molecule has 0 bridgehead atoms. The highest BCUT2D eigenvalue weighted by Gasteiger charge is 2.25. The lowest BCUT2D eigenvalue weighted by atomic mass is 9.86. The van der Waals surface area contributed by atoms with Gasteiger partial charge in [-0.05, 0) is 44.9 Å². The zero-order valence-corrected chi connectivity index (χ0v) is 13.1. The zero-order valence-electron chi connectivity index (χ0n) is 12.3. The fourth-order valence-corrected chi connectivity index (χ4v) is 3.55. The third-order valence-corrected chi connectivity index (χ3v) is 5.09. The normalized spacial score (nSPS) is 22.3. The van der Waals surface area contributed by atoms with E-state index in [0.717, 1.165) is 30.3 Å². The first-order valence-electron chi connectivity index (χ1n) is 7.52. The molecular weight excluding hydrogens is 282 g/mol. The Bertz CT molecular complexity index is 550. The van der Waals surface area contributed by atoms with Crippen LogP contribution in [0.5, 0.6) is 0 Å². The van der Waals surface area contributed by atoms with Crippen LogP contribution in [0.1, 0.15) is 43.3 Å². The first-order valence-corrected chi connectivity index (χ1v) is 8.51. The van der Waals surface area contributed by atoms with E-state index in [0.29, 0.717) is 12.0 Å². The molecule has 3 rings (SSSR count). The average molecular weight is 303 g/mol. The van der Waals surface area contributed by atoms with Gasteiger partial charge in [0.05, 0.1) is 5.75 Å². The Kier molecular flexibility index (Phi) is 4.93. The highest BCUT2D eigenvalue weighted by atomic mass is 32.2. The molecule has 1 aliphatic carbocycles. The lowest BCUT2D eigenvalue weighted by Gasteiger charge is -2.25. The van der Waals surface area contributed by atoms with Crippen LogP contribution in [-0.4, -0.2) is 23.2 Å². The minimum atomic E-state index is 0.442. The molecule has 0 saturated heterocycles. The standard InChI is InChI=1S/C16H21N3OS/c1-17-13-9-7-12(8-10-13)16-18-15(19-20-16)11-21-14-5-3-2-4-6-14/h2-6,12-13,17H,7-11H2,1H3. The Morgan fingerprint density at radius 3 is 2.67 bits per heavy atom. The molecule has 0 atom stereocenters. The minimum absolute atomic E-state index is 0.442. The first kappa shape index (κ1) is 14.6. The van der Waals surface area contributed by atoms with E-state index in [2.05, 4.69) is 27.6 Å². The van der Waals surface area contributed by atoms with Gasteiger partial charge >= 0.3 is 0 Å². The van der Waals surface area contributed by atoms with Crippen LogP contribution in [-0.2, 0) is 5.75 Å². The highest BCUT2D eigenvalue weighted by molar-refractivity contribution is 7.98. The molecule has 1 aromatic heterocycles. The van der Waals surface area contributed by atoms with Gasteiger partial charge in [-0.15, -0.1) is 11.8 Å². The van der Waals surface area contributed by atoms with Crippen molar-refractivity contribution in [2.45, 2.75) is 48.3 Å². The molecule has 5 heteroatoms. The van der Waals surface area contributed by atoms with Gasteiger partial charge in [-0.2, -0.15) is 4.98 Å². The quantitative estimate of drug-likeness (QED) is 0.855. The van der Waals surface area contributed by atoms with E-state index in [1.54, 1.807) is 11.8 Å². The van der Waals surface area contributed by atoms with Crippen molar-refractivity contribution in [2.24, 2.45) is 0 Å². The smallest absolute Gasteiger partial charge is 0.229 e. The van der Waals surface area contributed by atoms with E-state index < -0.39 is 0 Å². The van der Waals surface area contributed by atoms with Gasteiger partial charge in [0.1, 0.15) is 0 Å². The van der Waals surface area contributed by atoms with Crippen LogP contribution in [0.4, 0.5) is 0 Å². The van der Waals surface area contributed by atoms with Gasteiger partial charge in [0.25, 0.3) is 0 Å². The molecule has 1 N–H and O–H groups in total. The van der Waals surface area contributed by atoms with Gasteiger partial charge in [0, 0.05) is 16.9 Å². The molecule has 1 fully saturated rings. The van der Waals surface area contributed by atoms with E-state index in [1.807, 2.05) is 25.2 Å². The van der Waals surface area contributed by atoms with Crippen LogP contribution >= 0.6 is 11.8 Å². The topological polar surface area (TPSA) is 51.0 Å². The Hall–Kier alpha value is -1.33. The predicted molar refractivity (Wildman–Crippen MR) is 84.4 cm³/mol. The largest absolute Gasteiger partial charge is 0.339 e. The summed E-state index contributed by atoms with van der Waals surface area (Å²) in [5, 5.41) is 7.47. The number of aromatic nitrogens is 2. The van der Waals surface area contributed by atoms with Crippen LogP contribution in [0.25, 0.3) is 0 Å². The molecule has 1 aromatic carbocycles. The Labute approximate surface area is 129 Å². The van der Waals surface area contributed by atoms with E-state index in [1.165, 1.54) is 17.7 Å². The summed E-state index contributed by atoms with van der Waals surface area (Å²) >= 11 is 1.74. The fraction of sp³-hybridized carbons (Fsp3) is 0.500. The molecule has 0 aliphatic heterocycles. The summed E-state index contributed by atoms with van der Waals surface area (Å²) in [7, 11) is 2.04. The van der Waals surface area contributed by atoms with Gasteiger partial charge in [-0.1, -0.05) is 23.4 Å². The Balaban J connectivity index is 1.54. The molecule has 0 unspecified atom stereocenters. The average Bonchev–Trinajstić information content (AvgIpc) is 3.03. The molecule has 1 aliphatic rings. The van der Waals surface area contributed by atoms with Gasteiger partial charge < -0.3 is 9.84 Å². The van der Waals surface area contributed by atoms with Crippen molar-refractivity contribution in [3.8, 4) is 0 Å². The first-order chi connectivity index (χ1) is 10.3. The summed E-state index contributed by atoms with van der Waals surface area (Å²) < 4.78 is 5.47. The van der Waals surface area contributed by atoms with E-state index in [-0.39, 0.29) is 0 Å². The van der Waals surface area contributed by atoms with E-state index >= 15 is 0 Å². The molecule has 1 saturated carbocycles. The van der Waals surface area contributed by atoms with Crippen LogP contribution in [0.15, 0.2) is 39.8 Å². The van der Waals surface area contributed by atoms with Crippen molar-refractivity contribution in [1.29, 1.82) is 0 Å². The third kappa shape index (κ3) is 3.86. The molecule has 112 valence electrons. The van der Waals surface area contributed by atoms with Crippen LogP contribution in [0, 0.1) is 0 Å². The van der Waals surface area contributed by atoms with Gasteiger partial charge in [0.15, 0.2) is 5.82 Å². The monoisotopic (exact) mass is 303 g/mol. The van der Waals surface area contributed by atoms with Crippen molar-refractivity contribution in [2.75, 3.05) is 7.05 Å². The highest BCUT2D eigenvalue weighted by Crippen LogP contribution is 2.32. The van der Waals surface area contributed by atoms with Crippen LogP contribution < -0.4 is 5.32 Å². The SMILES string of the molecule is CNC1CCC(c2nc(CSc3ccccc3)no2)CC1. The van der Waals surface area contributed by atoms with Crippen molar-refractivity contribution in [3.05, 3.63) is 42.0 Å². The van der Waals surface area contributed by atoms with Crippen molar-refractivity contribution < 1.29 is 4.52 Å². The molecule has 21 heavy (non-hydrogen) atoms. The number of benzene rings is 1. The maximum Gasteiger partial charge on any atom is 0.229 e. The molecule has 0 spiro atoms. The number of hydrogen-bond acceptors (Lipinski definition) is 5.